The van der Waals surface area contributed by atoms with Crippen LogP contribution in [0, 0.1) is 0 Å². The van der Waals surface area contributed by atoms with Gasteiger partial charge in [-0.05, 0) is 48.0 Å². The predicted molar refractivity (Wildman–Crippen MR) is 93.5 cm³/mol. The minimum absolute atomic E-state index is 0.153. The molecule has 2 aromatic carbocycles. The second-order valence-corrected chi connectivity index (χ2v) is 5.50. The van der Waals surface area contributed by atoms with Crippen molar-refractivity contribution in [3.63, 3.8) is 0 Å². The molecular weight excluding hydrogens is 318 g/mol. The van der Waals surface area contributed by atoms with Gasteiger partial charge in [0.2, 0.25) is 5.91 Å². The van der Waals surface area contributed by atoms with Crippen LogP contribution in [0.3, 0.4) is 0 Å². The standard InChI is InChI=1S/C19H17N3O3/c1-14(23)21-17-7-9-18(10-8-17)25-19(24)16-5-3-15(4-6-16)13-22-12-2-11-20-22/h2-12H,13H2,1H3,(H,21,23). The Bertz CT molecular complexity index is 854. The first-order valence-corrected chi connectivity index (χ1v) is 7.76. The number of esters is 1. The zero-order valence-corrected chi connectivity index (χ0v) is 13.7. The van der Waals surface area contributed by atoms with Gasteiger partial charge >= 0.3 is 5.97 Å². The van der Waals surface area contributed by atoms with Crippen LogP contribution in [-0.4, -0.2) is 21.7 Å². The number of amides is 1. The van der Waals surface area contributed by atoms with Gasteiger partial charge in [0.25, 0.3) is 0 Å². The Labute approximate surface area is 145 Å². The summed E-state index contributed by atoms with van der Waals surface area (Å²) < 4.78 is 7.15. The SMILES string of the molecule is CC(=O)Nc1ccc(OC(=O)c2ccc(Cn3cccn3)cc2)cc1. The minimum atomic E-state index is -0.432. The van der Waals surface area contributed by atoms with Gasteiger partial charge < -0.3 is 10.1 Å². The molecule has 0 unspecified atom stereocenters. The minimum Gasteiger partial charge on any atom is -0.423 e. The van der Waals surface area contributed by atoms with Gasteiger partial charge in [-0.2, -0.15) is 5.10 Å². The summed E-state index contributed by atoms with van der Waals surface area (Å²) in [6.07, 6.45) is 3.61. The molecule has 0 aliphatic rings. The van der Waals surface area contributed by atoms with Gasteiger partial charge in [-0.15, -0.1) is 0 Å². The molecule has 0 saturated carbocycles. The van der Waals surface area contributed by atoms with Gasteiger partial charge in [0.1, 0.15) is 5.75 Å². The molecule has 126 valence electrons. The van der Waals surface area contributed by atoms with E-state index < -0.39 is 5.97 Å². The zero-order valence-electron chi connectivity index (χ0n) is 13.7. The number of hydrogen-bond donors (Lipinski definition) is 1. The van der Waals surface area contributed by atoms with E-state index in [0.717, 1.165) is 5.56 Å². The highest BCUT2D eigenvalue weighted by Gasteiger charge is 2.09. The van der Waals surface area contributed by atoms with Gasteiger partial charge in [-0.1, -0.05) is 12.1 Å². The molecule has 0 fully saturated rings. The van der Waals surface area contributed by atoms with Crippen LogP contribution in [0.25, 0.3) is 0 Å². The van der Waals surface area contributed by atoms with Crippen molar-refractivity contribution in [2.45, 2.75) is 13.5 Å². The summed E-state index contributed by atoms with van der Waals surface area (Å²) in [5.41, 5.74) is 2.16. The predicted octanol–water partition coefficient (Wildman–Crippen LogP) is 3.11. The summed E-state index contributed by atoms with van der Waals surface area (Å²) in [4.78, 5) is 23.2. The number of rotatable bonds is 5. The number of benzene rings is 2. The van der Waals surface area contributed by atoms with Crippen molar-refractivity contribution in [3.05, 3.63) is 78.1 Å². The summed E-state index contributed by atoms with van der Waals surface area (Å²) in [6.45, 7) is 2.08. The largest absolute Gasteiger partial charge is 0.423 e. The maximum absolute atomic E-state index is 12.2. The Balaban J connectivity index is 1.61. The molecule has 6 nitrogen and oxygen atoms in total. The lowest BCUT2D eigenvalue weighted by molar-refractivity contribution is -0.114. The first-order valence-electron chi connectivity index (χ1n) is 7.76. The highest BCUT2D eigenvalue weighted by molar-refractivity contribution is 5.91. The van der Waals surface area contributed by atoms with E-state index in [9.17, 15) is 9.59 Å². The van der Waals surface area contributed by atoms with Crippen LogP contribution >= 0.6 is 0 Å². The van der Waals surface area contributed by atoms with Crippen molar-refractivity contribution in [1.82, 2.24) is 9.78 Å². The summed E-state index contributed by atoms with van der Waals surface area (Å²) in [6, 6.07) is 15.7. The highest BCUT2D eigenvalue weighted by atomic mass is 16.5. The van der Waals surface area contributed by atoms with Gasteiger partial charge in [-0.25, -0.2) is 4.79 Å². The number of carbonyl (C=O) groups excluding carboxylic acids is 2. The van der Waals surface area contributed by atoms with Crippen molar-refractivity contribution >= 4 is 17.6 Å². The lowest BCUT2D eigenvalue weighted by Crippen LogP contribution is -2.09. The molecule has 0 radical (unpaired) electrons. The maximum Gasteiger partial charge on any atom is 0.343 e. The van der Waals surface area contributed by atoms with Crippen molar-refractivity contribution in [1.29, 1.82) is 0 Å². The van der Waals surface area contributed by atoms with Crippen molar-refractivity contribution in [2.75, 3.05) is 5.32 Å². The van der Waals surface area contributed by atoms with E-state index in [4.69, 9.17) is 4.74 Å². The Hall–Kier alpha value is -3.41. The molecule has 25 heavy (non-hydrogen) atoms. The maximum atomic E-state index is 12.2. The number of hydrogen-bond acceptors (Lipinski definition) is 4. The molecule has 0 aliphatic carbocycles. The van der Waals surface area contributed by atoms with Crippen LogP contribution in [0.5, 0.6) is 5.75 Å². The lowest BCUT2D eigenvalue weighted by Gasteiger charge is -2.07. The van der Waals surface area contributed by atoms with Crippen molar-refractivity contribution < 1.29 is 14.3 Å². The molecule has 6 heteroatoms. The second-order valence-electron chi connectivity index (χ2n) is 5.50. The van der Waals surface area contributed by atoms with E-state index in [2.05, 4.69) is 10.4 Å². The monoisotopic (exact) mass is 335 g/mol. The third-order valence-electron chi connectivity index (χ3n) is 3.48. The van der Waals surface area contributed by atoms with Crippen molar-refractivity contribution in [2.24, 2.45) is 0 Å². The van der Waals surface area contributed by atoms with Crippen LogP contribution in [0.1, 0.15) is 22.8 Å². The number of aromatic nitrogens is 2. The molecule has 1 aromatic heterocycles. The Morgan fingerprint density at radius 2 is 1.80 bits per heavy atom. The Morgan fingerprint density at radius 3 is 2.40 bits per heavy atom. The summed E-state index contributed by atoms with van der Waals surface area (Å²) >= 11 is 0. The molecule has 3 rings (SSSR count). The van der Waals surface area contributed by atoms with Crippen LogP contribution in [0.15, 0.2) is 67.0 Å². The van der Waals surface area contributed by atoms with Gasteiger partial charge in [0.15, 0.2) is 0 Å². The van der Waals surface area contributed by atoms with Crippen LogP contribution in [0.2, 0.25) is 0 Å². The van der Waals surface area contributed by atoms with E-state index in [1.807, 2.05) is 29.1 Å². The average Bonchev–Trinajstić information content (AvgIpc) is 3.10. The molecule has 1 heterocycles. The number of nitrogens with zero attached hydrogens (tertiary/aromatic N) is 2. The Morgan fingerprint density at radius 1 is 1.08 bits per heavy atom. The third kappa shape index (κ3) is 4.54. The fraction of sp³-hybridized carbons (Fsp3) is 0.105. The molecule has 0 bridgehead atoms. The lowest BCUT2D eigenvalue weighted by atomic mass is 10.1. The van der Waals surface area contributed by atoms with E-state index >= 15 is 0 Å². The number of anilines is 1. The van der Waals surface area contributed by atoms with Gasteiger partial charge in [0, 0.05) is 25.0 Å². The topological polar surface area (TPSA) is 73.2 Å². The highest BCUT2D eigenvalue weighted by Crippen LogP contribution is 2.17. The molecule has 0 saturated heterocycles. The Kier molecular flexibility index (Phi) is 4.89. The van der Waals surface area contributed by atoms with E-state index in [0.29, 0.717) is 23.5 Å². The summed E-state index contributed by atoms with van der Waals surface area (Å²) in [7, 11) is 0. The molecule has 3 aromatic rings. The van der Waals surface area contributed by atoms with E-state index in [-0.39, 0.29) is 5.91 Å². The van der Waals surface area contributed by atoms with Gasteiger partial charge in [0.05, 0.1) is 12.1 Å². The molecule has 0 spiro atoms. The quantitative estimate of drug-likeness (QED) is 0.574. The molecule has 0 aliphatic heterocycles. The zero-order chi connectivity index (χ0) is 17.6. The smallest absolute Gasteiger partial charge is 0.343 e. The fourth-order valence-electron chi connectivity index (χ4n) is 2.30. The van der Waals surface area contributed by atoms with Crippen LogP contribution in [0.4, 0.5) is 5.69 Å². The van der Waals surface area contributed by atoms with Crippen LogP contribution < -0.4 is 10.1 Å². The van der Waals surface area contributed by atoms with Crippen LogP contribution in [-0.2, 0) is 11.3 Å². The molecule has 1 amide bonds. The van der Waals surface area contributed by atoms with E-state index in [1.165, 1.54) is 6.92 Å². The molecule has 0 atom stereocenters. The van der Waals surface area contributed by atoms with Crippen molar-refractivity contribution in [3.8, 4) is 5.75 Å². The third-order valence-corrected chi connectivity index (χ3v) is 3.48. The summed E-state index contributed by atoms with van der Waals surface area (Å²) in [5.74, 6) is -0.169. The molecular formula is C19H17N3O3. The van der Waals surface area contributed by atoms with E-state index in [1.54, 1.807) is 42.6 Å². The normalized spacial score (nSPS) is 10.3. The number of nitrogens with one attached hydrogen (secondary N) is 1. The second kappa shape index (κ2) is 7.44. The average molecular weight is 335 g/mol. The molecule has 1 N–H and O–H groups in total. The number of carbonyl (C=O) groups is 2. The summed E-state index contributed by atoms with van der Waals surface area (Å²) in [5, 5.41) is 6.80. The first kappa shape index (κ1) is 16.4. The first-order chi connectivity index (χ1) is 12.1. The number of ether oxygens (including phenoxy) is 1. The fourth-order valence-corrected chi connectivity index (χ4v) is 2.30. The van der Waals surface area contributed by atoms with Gasteiger partial charge in [-0.3, -0.25) is 9.48 Å².